The highest BCUT2D eigenvalue weighted by atomic mass is 19.1. The molecule has 2 aromatic heterocycles. The summed E-state index contributed by atoms with van der Waals surface area (Å²) in [6.45, 7) is 3.55. The standard InChI is InChI=1S/C20H21FN8O2/c21-17-11-15(29-13-16(31-20(29)30)12-28-6-5-24-25-28)1-2-18(17)26-7-9-27(10-8-26)19-3-4-22-14-23-19/h1-6,11,14,16H,7-10,12-13H2. The number of hydrogen-bond acceptors (Lipinski definition) is 8. The maximum Gasteiger partial charge on any atom is 0.414 e. The van der Waals surface area contributed by atoms with Gasteiger partial charge in [-0.1, -0.05) is 5.21 Å². The summed E-state index contributed by atoms with van der Waals surface area (Å²) in [7, 11) is 0. The van der Waals surface area contributed by atoms with Crippen LogP contribution in [-0.4, -0.2) is 69.9 Å². The number of hydrogen-bond donors (Lipinski definition) is 0. The van der Waals surface area contributed by atoms with Crippen molar-refractivity contribution in [1.82, 2.24) is 25.0 Å². The molecule has 0 saturated carbocycles. The first-order valence-corrected chi connectivity index (χ1v) is 10.0. The Kier molecular flexibility index (Phi) is 5.06. The van der Waals surface area contributed by atoms with Gasteiger partial charge in [-0.15, -0.1) is 5.10 Å². The Morgan fingerprint density at radius 2 is 1.94 bits per heavy atom. The van der Waals surface area contributed by atoms with Crippen LogP contribution in [0.3, 0.4) is 0 Å². The summed E-state index contributed by atoms with van der Waals surface area (Å²) in [6, 6.07) is 6.75. The van der Waals surface area contributed by atoms with E-state index in [0.717, 1.165) is 18.9 Å². The third-order valence-electron chi connectivity index (χ3n) is 5.49. The van der Waals surface area contributed by atoms with Gasteiger partial charge in [-0.3, -0.25) is 4.90 Å². The van der Waals surface area contributed by atoms with Crippen LogP contribution in [0.1, 0.15) is 0 Å². The number of anilines is 3. The molecule has 31 heavy (non-hydrogen) atoms. The SMILES string of the molecule is O=C1OC(Cn2ccnn2)CN1c1ccc(N2CCN(c3ccncn3)CC2)c(F)c1. The molecule has 160 valence electrons. The van der Waals surface area contributed by atoms with Crippen molar-refractivity contribution in [2.45, 2.75) is 12.6 Å². The molecular weight excluding hydrogens is 403 g/mol. The zero-order valence-corrected chi connectivity index (χ0v) is 16.7. The zero-order chi connectivity index (χ0) is 21.2. The van der Waals surface area contributed by atoms with Crippen LogP contribution in [-0.2, 0) is 11.3 Å². The first kappa shape index (κ1) is 19.2. The molecule has 2 saturated heterocycles. The van der Waals surface area contributed by atoms with Gasteiger partial charge in [0.15, 0.2) is 0 Å². The number of carbonyl (C=O) groups excluding carboxylic acids is 1. The Bertz CT molecular complexity index is 1040. The molecule has 0 aliphatic carbocycles. The minimum Gasteiger partial charge on any atom is -0.442 e. The molecule has 2 fully saturated rings. The highest BCUT2D eigenvalue weighted by Gasteiger charge is 2.33. The van der Waals surface area contributed by atoms with Gasteiger partial charge in [-0.25, -0.2) is 23.8 Å². The second-order valence-corrected chi connectivity index (χ2v) is 7.42. The highest BCUT2D eigenvalue weighted by Crippen LogP contribution is 2.29. The van der Waals surface area contributed by atoms with Crippen LogP contribution in [0.25, 0.3) is 0 Å². The Morgan fingerprint density at radius 3 is 2.65 bits per heavy atom. The van der Waals surface area contributed by atoms with Crippen LogP contribution < -0.4 is 14.7 Å². The average Bonchev–Trinajstić information content (AvgIpc) is 3.44. The molecule has 1 atom stereocenters. The van der Waals surface area contributed by atoms with E-state index in [1.165, 1.54) is 17.3 Å². The zero-order valence-electron chi connectivity index (χ0n) is 16.7. The van der Waals surface area contributed by atoms with Crippen LogP contribution in [0, 0.1) is 5.82 Å². The number of carbonyl (C=O) groups is 1. The van der Waals surface area contributed by atoms with Crippen LogP contribution in [0.4, 0.5) is 26.4 Å². The van der Waals surface area contributed by atoms with Crippen LogP contribution in [0.5, 0.6) is 0 Å². The predicted molar refractivity (Wildman–Crippen MR) is 110 cm³/mol. The summed E-state index contributed by atoms with van der Waals surface area (Å²) in [5.41, 5.74) is 1.00. The number of nitrogens with zero attached hydrogens (tertiary/aromatic N) is 8. The predicted octanol–water partition coefficient (Wildman–Crippen LogP) is 1.56. The third-order valence-corrected chi connectivity index (χ3v) is 5.49. The van der Waals surface area contributed by atoms with Crippen molar-refractivity contribution < 1.29 is 13.9 Å². The number of benzene rings is 1. The molecule has 4 heterocycles. The lowest BCUT2D eigenvalue weighted by molar-refractivity contribution is 0.129. The lowest BCUT2D eigenvalue weighted by atomic mass is 10.2. The average molecular weight is 424 g/mol. The van der Waals surface area contributed by atoms with Crippen molar-refractivity contribution >= 4 is 23.3 Å². The summed E-state index contributed by atoms with van der Waals surface area (Å²) in [5.74, 6) is 0.513. The molecular formula is C20H21FN8O2. The minimum absolute atomic E-state index is 0.328. The fourth-order valence-electron chi connectivity index (χ4n) is 3.93. The van der Waals surface area contributed by atoms with Crippen LogP contribution >= 0.6 is 0 Å². The van der Waals surface area contributed by atoms with Gasteiger partial charge in [0.25, 0.3) is 0 Å². The largest absolute Gasteiger partial charge is 0.442 e. The normalized spacial score (nSPS) is 19.1. The Balaban J connectivity index is 1.24. The van der Waals surface area contributed by atoms with E-state index in [1.54, 1.807) is 35.4 Å². The minimum atomic E-state index is -0.490. The molecule has 0 spiro atoms. The number of piperazine rings is 1. The van der Waals surface area contributed by atoms with Gasteiger partial charge in [0.05, 0.1) is 30.7 Å². The van der Waals surface area contributed by atoms with Gasteiger partial charge in [0.1, 0.15) is 24.1 Å². The molecule has 1 amide bonds. The van der Waals surface area contributed by atoms with Gasteiger partial charge in [-0.2, -0.15) is 0 Å². The summed E-state index contributed by atoms with van der Waals surface area (Å²) in [5, 5.41) is 7.63. The number of cyclic esters (lactones) is 1. The molecule has 5 rings (SSSR count). The number of rotatable bonds is 5. The van der Waals surface area contributed by atoms with E-state index in [2.05, 4.69) is 25.2 Å². The first-order valence-electron chi connectivity index (χ1n) is 10.0. The summed E-state index contributed by atoms with van der Waals surface area (Å²) >= 11 is 0. The summed E-state index contributed by atoms with van der Waals surface area (Å²) in [4.78, 5) is 26.1. The van der Waals surface area contributed by atoms with E-state index in [1.807, 2.05) is 11.0 Å². The Morgan fingerprint density at radius 1 is 1.10 bits per heavy atom. The van der Waals surface area contributed by atoms with Crippen molar-refractivity contribution in [3.63, 3.8) is 0 Å². The molecule has 3 aromatic rings. The summed E-state index contributed by atoms with van der Waals surface area (Å²) < 4.78 is 22.0. The molecule has 0 bridgehead atoms. The van der Waals surface area contributed by atoms with Crippen LogP contribution in [0.15, 0.2) is 49.2 Å². The van der Waals surface area contributed by atoms with E-state index in [4.69, 9.17) is 4.74 Å². The Labute approximate surface area is 177 Å². The number of aromatic nitrogens is 5. The van der Waals surface area contributed by atoms with E-state index >= 15 is 0 Å². The van der Waals surface area contributed by atoms with Crippen molar-refractivity contribution in [1.29, 1.82) is 0 Å². The number of ether oxygens (including phenoxy) is 1. The topological polar surface area (TPSA) is 92.5 Å². The lowest BCUT2D eigenvalue weighted by Gasteiger charge is -2.36. The van der Waals surface area contributed by atoms with Crippen molar-refractivity contribution in [3.05, 3.63) is 55.0 Å². The molecule has 0 N–H and O–H groups in total. The van der Waals surface area contributed by atoms with Gasteiger partial charge in [-0.05, 0) is 24.3 Å². The first-order chi connectivity index (χ1) is 15.2. The van der Waals surface area contributed by atoms with Gasteiger partial charge in [0, 0.05) is 38.6 Å². The van der Waals surface area contributed by atoms with Gasteiger partial charge in [0.2, 0.25) is 0 Å². The molecule has 2 aliphatic rings. The maximum absolute atomic E-state index is 15.0. The van der Waals surface area contributed by atoms with Crippen molar-refractivity contribution in [3.8, 4) is 0 Å². The Hall–Kier alpha value is -3.76. The number of amides is 1. The molecule has 0 radical (unpaired) electrons. The quantitative estimate of drug-likeness (QED) is 0.609. The molecule has 1 aromatic carbocycles. The molecule has 11 heteroatoms. The van der Waals surface area contributed by atoms with Crippen molar-refractivity contribution in [2.75, 3.05) is 47.4 Å². The van der Waals surface area contributed by atoms with E-state index in [-0.39, 0.29) is 11.9 Å². The number of halogens is 1. The monoisotopic (exact) mass is 424 g/mol. The van der Waals surface area contributed by atoms with E-state index in [0.29, 0.717) is 37.6 Å². The molecule has 2 aliphatic heterocycles. The lowest BCUT2D eigenvalue weighted by Crippen LogP contribution is -2.47. The van der Waals surface area contributed by atoms with E-state index < -0.39 is 6.09 Å². The fourth-order valence-corrected chi connectivity index (χ4v) is 3.93. The second-order valence-electron chi connectivity index (χ2n) is 7.42. The third kappa shape index (κ3) is 3.98. The highest BCUT2D eigenvalue weighted by molar-refractivity contribution is 5.90. The maximum atomic E-state index is 15.0. The van der Waals surface area contributed by atoms with Gasteiger partial charge < -0.3 is 14.5 Å². The second kappa shape index (κ2) is 8.17. The fraction of sp³-hybridized carbons (Fsp3) is 0.350. The van der Waals surface area contributed by atoms with Gasteiger partial charge >= 0.3 is 6.09 Å². The summed E-state index contributed by atoms with van der Waals surface area (Å²) in [6.07, 6.45) is 5.65. The van der Waals surface area contributed by atoms with Crippen LogP contribution in [0.2, 0.25) is 0 Å². The van der Waals surface area contributed by atoms with Crippen molar-refractivity contribution in [2.24, 2.45) is 0 Å². The molecule has 10 nitrogen and oxygen atoms in total. The smallest absolute Gasteiger partial charge is 0.414 e. The van der Waals surface area contributed by atoms with E-state index in [9.17, 15) is 9.18 Å². The molecule has 1 unspecified atom stereocenters.